The number of carbonyl (C=O) groups excluding carboxylic acids is 1. The fraction of sp³-hybridized carbons (Fsp3) is 0.235. The van der Waals surface area contributed by atoms with Gasteiger partial charge in [-0.3, -0.25) is 4.79 Å². The van der Waals surface area contributed by atoms with Gasteiger partial charge in [-0.15, -0.1) is 0 Å². The Morgan fingerprint density at radius 2 is 1.70 bits per heavy atom. The smallest absolute Gasteiger partial charge is 0.247 e. The van der Waals surface area contributed by atoms with E-state index in [2.05, 4.69) is 24.3 Å². The first kappa shape index (κ1) is 12.9. The Labute approximate surface area is 119 Å². The van der Waals surface area contributed by atoms with Crippen molar-refractivity contribution in [2.75, 3.05) is 4.90 Å². The summed E-state index contributed by atoms with van der Waals surface area (Å²) in [6, 6.07) is 15.7. The predicted octanol–water partition coefficient (Wildman–Crippen LogP) is 2.72. The van der Waals surface area contributed by atoms with Crippen LogP contribution in [0.5, 0.6) is 0 Å². The quantitative estimate of drug-likeness (QED) is 0.849. The molecule has 2 aromatic rings. The zero-order chi connectivity index (χ0) is 14.3. The molecule has 0 saturated carbocycles. The molecule has 1 aliphatic rings. The highest BCUT2D eigenvalue weighted by Crippen LogP contribution is 2.38. The van der Waals surface area contributed by atoms with E-state index in [1.54, 1.807) is 4.90 Å². The lowest BCUT2D eigenvalue weighted by Gasteiger charge is -2.45. The van der Waals surface area contributed by atoms with Crippen molar-refractivity contribution >= 4 is 11.6 Å². The second-order valence-corrected chi connectivity index (χ2v) is 5.43. The first-order chi connectivity index (χ1) is 9.58. The summed E-state index contributed by atoms with van der Waals surface area (Å²) in [4.78, 5) is 13.9. The highest BCUT2D eigenvalue weighted by Gasteiger charge is 2.46. The Bertz CT molecular complexity index is 648. The van der Waals surface area contributed by atoms with E-state index in [9.17, 15) is 4.79 Å². The van der Waals surface area contributed by atoms with Gasteiger partial charge in [-0.1, -0.05) is 42.0 Å². The molecule has 2 aromatic carbocycles. The van der Waals surface area contributed by atoms with Crippen LogP contribution in [0.1, 0.15) is 22.7 Å². The van der Waals surface area contributed by atoms with Gasteiger partial charge in [0.15, 0.2) is 0 Å². The van der Waals surface area contributed by atoms with Crippen LogP contribution in [0.25, 0.3) is 0 Å². The van der Waals surface area contributed by atoms with E-state index in [0.29, 0.717) is 0 Å². The summed E-state index contributed by atoms with van der Waals surface area (Å²) < 4.78 is 0. The Kier molecular flexibility index (Phi) is 3.07. The van der Waals surface area contributed by atoms with Crippen molar-refractivity contribution in [3.8, 4) is 0 Å². The molecule has 0 aliphatic carbocycles. The van der Waals surface area contributed by atoms with Gasteiger partial charge in [0.25, 0.3) is 0 Å². The number of amides is 1. The maximum atomic E-state index is 12.1. The van der Waals surface area contributed by atoms with Gasteiger partial charge in [-0.05, 0) is 37.1 Å². The first-order valence-corrected chi connectivity index (χ1v) is 6.80. The monoisotopic (exact) mass is 266 g/mol. The summed E-state index contributed by atoms with van der Waals surface area (Å²) >= 11 is 0. The molecular weight excluding hydrogens is 248 g/mol. The van der Waals surface area contributed by atoms with Gasteiger partial charge in [-0.2, -0.15) is 0 Å². The average Bonchev–Trinajstić information content (AvgIpc) is 2.45. The van der Waals surface area contributed by atoms with Crippen LogP contribution >= 0.6 is 0 Å². The van der Waals surface area contributed by atoms with E-state index in [1.165, 1.54) is 5.56 Å². The number of β-lactam (4-membered cyclic amide) rings is 1. The van der Waals surface area contributed by atoms with Crippen LogP contribution in [0.2, 0.25) is 0 Å². The first-order valence-electron chi connectivity index (χ1n) is 6.80. The molecule has 2 atom stereocenters. The maximum Gasteiger partial charge on any atom is 0.247 e. The lowest BCUT2D eigenvalue weighted by atomic mass is 9.88. The number of carbonyl (C=O) groups is 1. The number of hydrogen-bond acceptors (Lipinski definition) is 2. The molecule has 0 spiro atoms. The number of nitrogens with two attached hydrogens (primary N) is 1. The van der Waals surface area contributed by atoms with E-state index in [-0.39, 0.29) is 11.9 Å². The van der Waals surface area contributed by atoms with Crippen LogP contribution in [0, 0.1) is 13.8 Å². The normalized spacial score (nSPS) is 21.8. The van der Waals surface area contributed by atoms with Crippen LogP contribution in [-0.4, -0.2) is 11.9 Å². The Hall–Kier alpha value is -2.13. The fourth-order valence-corrected chi connectivity index (χ4v) is 2.70. The molecular formula is C17H18N2O. The SMILES string of the molecule is Cc1ccc([C@@H]2[C@@H](N)C(=O)N2c2cccc(C)c2)cc1. The lowest BCUT2D eigenvalue weighted by Crippen LogP contribution is -2.63. The van der Waals surface area contributed by atoms with Crippen molar-refractivity contribution < 1.29 is 4.79 Å². The molecule has 102 valence electrons. The number of nitrogens with zero attached hydrogens (tertiary/aromatic N) is 1. The lowest BCUT2D eigenvalue weighted by molar-refractivity contribution is -0.126. The maximum absolute atomic E-state index is 12.1. The predicted molar refractivity (Wildman–Crippen MR) is 80.6 cm³/mol. The molecule has 0 radical (unpaired) electrons. The number of rotatable bonds is 2. The minimum Gasteiger partial charge on any atom is -0.318 e. The second kappa shape index (κ2) is 4.76. The molecule has 20 heavy (non-hydrogen) atoms. The van der Waals surface area contributed by atoms with Crippen LogP contribution in [0.15, 0.2) is 48.5 Å². The van der Waals surface area contributed by atoms with E-state index >= 15 is 0 Å². The molecule has 1 heterocycles. The minimum atomic E-state index is -0.446. The van der Waals surface area contributed by atoms with Gasteiger partial charge in [0, 0.05) is 5.69 Å². The largest absolute Gasteiger partial charge is 0.318 e. The second-order valence-electron chi connectivity index (χ2n) is 5.43. The molecule has 1 aliphatic heterocycles. The van der Waals surface area contributed by atoms with Crippen LogP contribution in [0.4, 0.5) is 5.69 Å². The fourth-order valence-electron chi connectivity index (χ4n) is 2.70. The molecule has 3 nitrogen and oxygen atoms in total. The molecule has 1 fully saturated rings. The van der Waals surface area contributed by atoms with E-state index in [4.69, 9.17) is 5.73 Å². The summed E-state index contributed by atoms with van der Waals surface area (Å²) in [7, 11) is 0. The number of hydrogen-bond donors (Lipinski definition) is 1. The Morgan fingerprint density at radius 1 is 1.00 bits per heavy atom. The number of aryl methyl sites for hydroxylation is 2. The van der Waals surface area contributed by atoms with Gasteiger partial charge in [0.05, 0.1) is 6.04 Å². The van der Waals surface area contributed by atoms with Crippen LogP contribution < -0.4 is 10.6 Å². The molecule has 3 heteroatoms. The highest BCUT2D eigenvalue weighted by molar-refractivity contribution is 6.05. The molecule has 0 aromatic heterocycles. The standard InChI is InChI=1S/C17H18N2O/c1-11-6-8-13(9-7-11)16-15(18)17(20)19(16)14-5-3-4-12(2)10-14/h3-10,15-16H,18H2,1-2H3/t15-,16-/m1/s1. The summed E-state index contributed by atoms with van der Waals surface area (Å²) in [5, 5.41) is 0. The summed E-state index contributed by atoms with van der Waals surface area (Å²) in [5.41, 5.74) is 10.4. The number of anilines is 1. The third-order valence-electron chi connectivity index (χ3n) is 3.84. The van der Waals surface area contributed by atoms with Crippen molar-refractivity contribution in [1.82, 2.24) is 0 Å². The zero-order valence-corrected chi connectivity index (χ0v) is 11.7. The molecule has 3 rings (SSSR count). The molecule has 1 saturated heterocycles. The van der Waals surface area contributed by atoms with E-state index in [1.807, 2.05) is 38.1 Å². The molecule has 0 bridgehead atoms. The summed E-state index contributed by atoms with van der Waals surface area (Å²) in [6.45, 7) is 4.07. The minimum absolute atomic E-state index is 0.0128. The topological polar surface area (TPSA) is 46.3 Å². The Balaban J connectivity index is 1.97. The van der Waals surface area contributed by atoms with Gasteiger partial charge >= 0.3 is 0 Å². The van der Waals surface area contributed by atoms with Crippen molar-refractivity contribution in [3.05, 3.63) is 65.2 Å². The molecule has 1 amide bonds. The van der Waals surface area contributed by atoms with Gasteiger partial charge in [0.1, 0.15) is 6.04 Å². The third-order valence-corrected chi connectivity index (χ3v) is 3.84. The molecule has 0 unspecified atom stereocenters. The van der Waals surface area contributed by atoms with Gasteiger partial charge < -0.3 is 10.6 Å². The van der Waals surface area contributed by atoms with Crippen molar-refractivity contribution in [3.63, 3.8) is 0 Å². The summed E-state index contributed by atoms with van der Waals surface area (Å²) in [6.07, 6.45) is 0. The third kappa shape index (κ3) is 2.00. The highest BCUT2D eigenvalue weighted by atomic mass is 16.2. The zero-order valence-electron chi connectivity index (χ0n) is 11.7. The van der Waals surface area contributed by atoms with E-state index < -0.39 is 6.04 Å². The van der Waals surface area contributed by atoms with Crippen molar-refractivity contribution in [1.29, 1.82) is 0 Å². The Morgan fingerprint density at radius 3 is 2.35 bits per heavy atom. The summed E-state index contributed by atoms with van der Waals surface area (Å²) in [5.74, 6) is -0.0128. The van der Waals surface area contributed by atoms with Crippen LogP contribution in [0.3, 0.4) is 0 Å². The number of benzene rings is 2. The van der Waals surface area contributed by atoms with Crippen molar-refractivity contribution in [2.24, 2.45) is 5.73 Å². The van der Waals surface area contributed by atoms with E-state index in [0.717, 1.165) is 16.8 Å². The molecule has 2 N–H and O–H groups in total. The van der Waals surface area contributed by atoms with Gasteiger partial charge in [0.2, 0.25) is 5.91 Å². The average molecular weight is 266 g/mol. The van der Waals surface area contributed by atoms with Crippen molar-refractivity contribution in [2.45, 2.75) is 25.9 Å². The van der Waals surface area contributed by atoms with Crippen LogP contribution in [-0.2, 0) is 4.79 Å². The van der Waals surface area contributed by atoms with Gasteiger partial charge in [-0.25, -0.2) is 0 Å².